The second-order valence-electron chi connectivity index (χ2n) is 9.76. The molecule has 1 atom stereocenters. The van der Waals surface area contributed by atoms with Gasteiger partial charge in [-0.05, 0) is 67.1 Å². The van der Waals surface area contributed by atoms with E-state index in [4.69, 9.17) is 15.2 Å². The van der Waals surface area contributed by atoms with Gasteiger partial charge in [0.1, 0.15) is 0 Å². The van der Waals surface area contributed by atoms with Crippen molar-refractivity contribution in [3.8, 4) is 11.5 Å². The van der Waals surface area contributed by atoms with Crippen molar-refractivity contribution in [1.82, 2.24) is 0 Å². The van der Waals surface area contributed by atoms with Gasteiger partial charge in [-0.2, -0.15) is 0 Å². The van der Waals surface area contributed by atoms with E-state index in [-0.39, 0.29) is 11.6 Å². The molecule has 204 valence electrons. The van der Waals surface area contributed by atoms with E-state index >= 15 is 0 Å². The number of nitro benzene ring substituents is 1. The maximum Gasteiger partial charge on any atom is 0.269 e. The van der Waals surface area contributed by atoms with Crippen LogP contribution in [0.25, 0.3) is 0 Å². The summed E-state index contributed by atoms with van der Waals surface area (Å²) in [5.41, 5.74) is 6.54. The van der Waals surface area contributed by atoms with Crippen molar-refractivity contribution in [2.75, 3.05) is 19.1 Å². The zero-order valence-corrected chi connectivity index (χ0v) is 22.4. The average molecular weight is 532 g/mol. The molecule has 0 saturated heterocycles. The van der Waals surface area contributed by atoms with E-state index < -0.39 is 22.3 Å². The molecule has 1 aliphatic carbocycles. The van der Waals surface area contributed by atoms with Gasteiger partial charge in [-0.3, -0.25) is 24.6 Å². The number of hydrogen-bond acceptors (Lipinski definition) is 6. The van der Waals surface area contributed by atoms with Crippen LogP contribution in [0.2, 0.25) is 0 Å². The molecule has 1 unspecified atom stereocenters. The van der Waals surface area contributed by atoms with Crippen molar-refractivity contribution in [2.24, 2.45) is 11.7 Å². The number of carbonyl (C=O) groups excluding carboxylic acids is 2. The summed E-state index contributed by atoms with van der Waals surface area (Å²) in [6.07, 6.45) is 4.05. The molecule has 0 radical (unpaired) electrons. The van der Waals surface area contributed by atoms with E-state index in [1.807, 2.05) is 19.1 Å². The van der Waals surface area contributed by atoms with Crippen molar-refractivity contribution in [1.29, 1.82) is 0 Å². The Hall–Kier alpha value is -4.40. The molecule has 2 N–H and O–H groups in total. The normalized spacial score (nSPS) is 15.2. The summed E-state index contributed by atoms with van der Waals surface area (Å²) in [6.45, 7) is 1.83. The molecule has 1 saturated carbocycles. The van der Waals surface area contributed by atoms with E-state index in [0.29, 0.717) is 41.2 Å². The molecule has 9 heteroatoms. The van der Waals surface area contributed by atoms with E-state index in [0.717, 1.165) is 24.8 Å². The molecule has 0 spiro atoms. The van der Waals surface area contributed by atoms with Crippen molar-refractivity contribution >= 4 is 23.2 Å². The van der Waals surface area contributed by atoms with Gasteiger partial charge in [0.15, 0.2) is 17.0 Å². The monoisotopic (exact) mass is 531 g/mol. The Morgan fingerprint density at radius 3 is 2.15 bits per heavy atom. The van der Waals surface area contributed by atoms with Gasteiger partial charge in [0.25, 0.3) is 11.6 Å². The highest BCUT2D eigenvalue weighted by Crippen LogP contribution is 2.48. The number of benzene rings is 3. The summed E-state index contributed by atoms with van der Waals surface area (Å²) in [4.78, 5) is 40.9. The Labute approximate surface area is 227 Å². The fourth-order valence-electron chi connectivity index (χ4n) is 5.74. The topological polar surface area (TPSA) is 125 Å². The van der Waals surface area contributed by atoms with Crippen molar-refractivity contribution in [2.45, 2.75) is 44.6 Å². The number of carbonyl (C=O) groups is 2. The molecule has 0 aromatic heterocycles. The molecule has 1 aliphatic rings. The Bertz CT molecular complexity index is 1370. The molecule has 2 amide bonds. The number of ether oxygens (including phenoxy) is 2. The van der Waals surface area contributed by atoms with Crippen LogP contribution in [0.3, 0.4) is 0 Å². The molecule has 4 rings (SSSR count). The molecule has 39 heavy (non-hydrogen) atoms. The van der Waals surface area contributed by atoms with E-state index in [1.54, 1.807) is 30.3 Å². The van der Waals surface area contributed by atoms with Gasteiger partial charge in [0.05, 0.1) is 19.1 Å². The lowest BCUT2D eigenvalue weighted by molar-refractivity contribution is -0.384. The quantitative estimate of drug-likeness (QED) is 0.286. The number of hydrogen-bond donors (Lipinski definition) is 1. The first kappa shape index (κ1) is 27.6. The Balaban J connectivity index is 2.07. The first-order chi connectivity index (χ1) is 18.7. The van der Waals surface area contributed by atoms with Crippen LogP contribution in [0.15, 0.2) is 66.7 Å². The van der Waals surface area contributed by atoms with E-state index in [1.165, 1.54) is 43.4 Å². The SMILES string of the molecule is COc1ccc(N(C(=O)c2ccccc2C)C(C(N)=O)(c2ccc([N+](=O)[O-])cc2)C2CCCCC2)cc1OC. The van der Waals surface area contributed by atoms with Crippen LogP contribution in [0, 0.1) is 23.0 Å². The summed E-state index contributed by atoms with van der Waals surface area (Å²) in [5.74, 6) is -0.611. The van der Waals surface area contributed by atoms with Crippen LogP contribution in [0.5, 0.6) is 11.5 Å². The Morgan fingerprint density at radius 2 is 1.59 bits per heavy atom. The summed E-state index contributed by atoms with van der Waals surface area (Å²) >= 11 is 0. The second kappa shape index (κ2) is 11.6. The van der Waals surface area contributed by atoms with Crippen molar-refractivity contribution in [3.05, 3.63) is 93.5 Å². The molecule has 3 aromatic carbocycles. The van der Waals surface area contributed by atoms with Gasteiger partial charge in [-0.1, -0.05) is 37.5 Å². The van der Waals surface area contributed by atoms with Gasteiger partial charge in [0, 0.05) is 29.4 Å². The van der Waals surface area contributed by atoms with Crippen LogP contribution in [-0.2, 0) is 10.3 Å². The number of nitrogens with two attached hydrogens (primary N) is 1. The van der Waals surface area contributed by atoms with Gasteiger partial charge in [-0.15, -0.1) is 0 Å². The van der Waals surface area contributed by atoms with Gasteiger partial charge >= 0.3 is 0 Å². The molecule has 9 nitrogen and oxygen atoms in total. The number of non-ortho nitro benzene ring substituents is 1. The maximum absolute atomic E-state index is 14.6. The molecular formula is C30H33N3O6. The third-order valence-corrected chi connectivity index (χ3v) is 7.65. The Morgan fingerprint density at radius 1 is 0.949 bits per heavy atom. The fraction of sp³-hybridized carbons (Fsp3) is 0.333. The van der Waals surface area contributed by atoms with Crippen LogP contribution in [-0.4, -0.2) is 31.0 Å². The highest BCUT2D eigenvalue weighted by Gasteiger charge is 2.53. The van der Waals surface area contributed by atoms with Crippen LogP contribution in [0.4, 0.5) is 11.4 Å². The molecular weight excluding hydrogens is 498 g/mol. The van der Waals surface area contributed by atoms with E-state index in [9.17, 15) is 19.7 Å². The number of methoxy groups -OCH3 is 2. The lowest BCUT2D eigenvalue weighted by atomic mass is 9.68. The zero-order valence-electron chi connectivity index (χ0n) is 22.4. The van der Waals surface area contributed by atoms with Crippen LogP contribution < -0.4 is 20.1 Å². The fourth-order valence-corrected chi connectivity index (χ4v) is 5.74. The van der Waals surface area contributed by atoms with Crippen molar-refractivity contribution < 1.29 is 24.0 Å². The zero-order chi connectivity index (χ0) is 28.2. The third kappa shape index (κ3) is 5.04. The largest absolute Gasteiger partial charge is 0.493 e. The smallest absolute Gasteiger partial charge is 0.269 e. The minimum atomic E-state index is -1.63. The first-order valence-electron chi connectivity index (χ1n) is 12.9. The summed E-state index contributed by atoms with van der Waals surface area (Å²) in [6, 6.07) is 18.0. The van der Waals surface area contributed by atoms with E-state index in [2.05, 4.69) is 0 Å². The Kier molecular flexibility index (Phi) is 8.18. The predicted octanol–water partition coefficient (Wildman–Crippen LogP) is 5.53. The summed E-state index contributed by atoms with van der Waals surface area (Å²) in [5, 5.41) is 11.4. The average Bonchev–Trinajstić information content (AvgIpc) is 2.95. The van der Waals surface area contributed by atoms with Gasteiger partial charge < -0.3 is 15.2 Å². The number of nitrogens with zero attached hydrogens (tertiary/aromatic N) is 2. The highest BCUT2D eigenvalue weighted by atomic mass is 16.6. The van der Waals surface area contributed by atoms with Crippen molar-refractivity contribution in [3.63, 3.8) is 0 Å². The third-order valence-electron chi connectivity index (χ3n) is 7.65. The highest BCUT2D eigenvalue weighted by molar-refractivity contribution is 6.12. The van der Waals surface area contributed by atoms with Gasteiger partial charge in [0.2, 0.25) is 5.91 Å². The van der Waals surface area contributed by atoms with Crippen LogP contribution in [0.1, 0.15) is 53.6 Å². The molecule has 0 heterocycles. The predicted molar refractivity (Wildman–Crippen MR) is 148 cm³/mol. The molecule has 0 bridgehead atoms. The lowest BCUT2D eigenvalue weighted by Gasteiger charge is -2.48. The van der Waals surface area contributed by atoms with Crippen LogP contribution >= 0.6 is 0 Å². The van der Waals surface area contributed by atoms with Gasteiger partial charge in [-0.25, -0.2) is 0 Å². The molecule has 0 aliphatic heterocycles. The standard InChI is InChI=1S/C30H33N3O6/c1-20-9-7-8-12-25(20)28(34)32(24-17-18-26(38-2)27(19-24)39-3)30(29(31)35,21-10-5-4-6-11-21)22-13-15-23(16-14-22)33(36)37/h7-9,12-19,21H,4-6,10-11H2,1-3H3,(H2,31,35). The lowest BCUT2D eigenvalue weighted by Crippen LogP contribution is -2.62. The number of anilines is 1. The number of primary amides is 1. The summed E-state index contributed by atoms with van der Waals surface area (Å²) in [7, 11) is 3.01. The number of aryl methyl sites for hydroxylation is 1. The number of amides is 2. The number of nitro groups is 1. The minimum Gasteiger partial charge on any atom is -0.493 e. The molecule has 3 aromatic rings. The molecule has 1 fully saturated rings. The minimum absolute atomic E-state index is 0.122. The first-order valence-corrected chi connectivity index (χ1v) is 12.9. The maximum atomic E-state index is 14.6. The number of rotatable bonds is 9. The summed E-state index contributed by atoms with van der Waals surface area (Å²) < 4.78 is 11.0. The second-order valence-corrected chi connectivity index (χ2v) is 9.76.